The quantitative estimate of drug-likeness (QED) is 0.635. The predicted molar refractivity (Wildman–Crippen MR) is 91.3 cm³/mol. The lowest BCUT2D eigenvalue weighted by atomic mass is 10.2. The summed E-state index contributed by atoms with van der Waals surface area (Å²) in [6.07, 6.45) is 5.62. The summed E-state index contributed by atoms with van der Waals surface area (Å²) < 4.78 is 7.61. The van der Waals surface area contributed by atoms with Gasteiger partial charge in [0.25, 0.3) is 5.56 Å². The van der Waals surface area contributed by atoms with Gasteiger partial charge < -0.3 is 4.74 Å². The van der Waals surface area contributed by atoms with Gasteiger partial charge in [-0.05, 0) is 43.4 Å². The largest absolute Gasteiger partial charge is 0.376 e. The molecule has 0 amide bonds. The first kappa shape index (κ1) is 14.7. The Balaban J connectivity index is 1.85. The molecule has 0 N–H and O–H groups in total. The minimum atomic E-state index is 0.149. The first-order chi connectivity index (χ1) is 10.8. The van der Waals surface area contributed by atoms with Crippen molar-refractivity contribution in [2.45, 2.75) is 56.8 Å². The lowest BCUT2D eigenvalue weighted by Gasteiger charge is -2.15. The third kappa shape index (κ3) is 2.41. The fraction of sp³-hybridized carbons (Fsp3) is 0.625. The lowest BCUT2D eigenvalue weighted by Crippen LogP contribution is -2.28. The molecule has 2 aromatic heterocycles. The average molecular weight is 336 g/mol. The van der Waals surface area contributed by atoms with E-state index in [0.717, 1.165) is 53.4 Å². The summed E-state index contributed by atoms with van der Waals surface area (Å²) >= 11 is 3.38. The molecule has 4 nitrogen and oxygen atoms in total. The first-order valence-electron chi connectivity index (χ1n) is 8.07. The second kappa shape index (κ2) is 5.98. The third-order valence-corrected chi connectivity index (χ3v) is 6.52. The Morgan fingerprint density at radius 2 is 2.32 bits per heavy atom. The zero-order chi connectivity index (χ0) is 15.1. The third-order valence-electron chi connectivity index (χ3n) is 4.47. The van der Waals surface area contributed by atoms with Crippen molar-refractivity contribution in [2.24, 2.45) is 0 Å². The summed E-state index contributed by atoms with van der Waals surface area (Å²) in [6, 6.07) is 0. The van der Waals surface area contributed by atoms with Gasteiger partial charge in [0.1, 0.15) is 4.83 Å². The molecule has 0 radical (unpaired) electrons. The van der Waals surface area contributed by atoms with Gasteiger partial charge >= 0.3 is 0 Å². The highest BCUT2D eigenvalue weighted by Gasteiger charge is 2.25. The maximum Gasteiger partial charge on any atom is 0.263 e. The summed E-state index contributed by atoms with van der Waals surface area (Å²) in [5.74, 6) is 0.925. The molecule has 0 aromatic carbocycles. The molecule has 0 bridgehead atoms. The summed E-state index contributed by atoms with van der Waals surface area (Å²) in [6.45, 7) is 3.57. The van der Waals surface area contributed by atoms with Crippen LogP contribution in [0.4, 0.5) is 0 Å². The number of hydrogen-bond acceptors (Lipinski definition) is 5. The molecule has 2 aliphatic rings. The fourth-order valence-corrected chi connectivity index (χ4v) is 5.49. The van der Waals surface area contributed by atoms with Gasteiger partial charge in [-0.3, -0.25) is 9.36 Å². The molecule has 4 rings (SSSR count). The summed E-state index contributed by atoms with van der Waals surface area (Å²) in [5.41, 5.74) is 1.42. The highest BCUT2D eigenvalue weighted by atomic mass is 32.2. The Hall–Kier alpha value is -0.850. The topological polar surface area (TPSA) is 44.1 Å². The Morgan fingerprint density at radius 1 is 1.41 bits per heavy atom. The Bertz CT molecular complexity index is 760. The number of nitrogens with zero attached hydrogens (tertiary/aromatic N) is 2. The molecule has 0 unspecified atom stereocenters. The zero-order valence-electron chi connectivity index (χ0n) is 12.8. The number of thioether (sulfide) groups is 1. The van der Waals surface area contributed by atoms with Crippen LogP contribution in [0.1, 0.15) is 36.6 Å². The van der Waals surface area contributed by atoms with Gasteiger partial charge in [0.2, 0.25) is 0 Å². The number of aromatic nitrogens is 2. The minimum Gasteiger partial charge on any atom is -0.376 e. The lowest BCUT2D eigenvalue weighted by molar-refractivity contribution is 0.0937. The molecular formula is C16H20N2O2S2. The Labute approximate surface area is 137 Å². The number of aryl methyl sites for hydroxylation is 2. The van der Waals surface area contributed by atoms with E-state index >= 15 is 0 Å². The summed E-state index contributed by atoms with van der Waals surface area (Å²) in [4.78, 5) is 20.2. The molecule has 1 aliphatic heterocycles. The summed E-state index contributed by atoms with van der Waals surface area (Å²) in [7, 11) is 0. The number of ether oxygens (including phenoxy) is 1. The monoisotopic (exact) mass is 336 g/mol. The SMILES string of the molecule is CCSc1nc2sc3c(c2c(=O)n1C[C@H]1CCCO1)CCC3. The van der Waals surface area contributed by atoms with E-state index in [-0.39, 0.29) is 11.7 Å². The zero-order valence-corrected chi connectivity index (χ0v) is 14.4. The molecule has 22 heavy (non-hydrogen) atoms. The molecule has 6 heteroatoms. The van der Waals surface area contributed by atoms with E-state index in [1.54, 1.807) is 23.1 Å². The van der Waals surface area contributed by atoms with Crippen molar-refractivity contribution in [3.05, 3.63) is 20.8 Å². The Kier molecular flexibility index (Phi) is 4.00. The van der Waals surface area contributed by atoms with Crippen molar-refractivity contribution < 1.29 is 4.74 Å². The van der Waals surface area contributed by atoms with Crippen molar-refractivity contribution in [1.29, 1.82) is 0 Å². The van der Waals surface area contributed by atoms with Crippen LogP contribution in [0.2, 0.25) is 0 Å². The van der Waals surface area contributed by atoms with Gasteiger partial charge in [-0.15, -0.1) is 11.3 Å². The minimum absolute atomic E-state index is 0.149. The molecule has 0 saturated carbocycles. The van der Waals surface area contributed by atoms with Crippen LogP contribution >= 0.6 is 23.1 Å². The van der Waals surface area contributed by atoms with Crippen LogP contribution in [0.3, 0.4) is 0 Å². The molecule has 1 fully saturated rings. The standard InChI is InChI=1S/C16H20N2O2S2/c1-2-21-16-17-14-13(11-6-3-7-12(11)22-14)15(19)18(16)9-10-5-4-8-20-10/h10H,2-9H2,1H3/t10-/m1/s1. The van der Waals surface area contributed by atoms with Crippen molar-refractivity contribution >= 4 is 33.3 Å². The highest BCUT2D eigenvalue weighted by molar-refractivity contribution is 7.99. The van der Waals surface area contributed by atoms with Crippen LogP contribution in [0.25, 0.3) is 10.2 Å². The van der Waals surface area contributed by atoms with E-state index in [2.05, 4.69) is 6.92 Å². The van der Waals surface area contributed by atoms with E-state index in [0.29, 0.717) is 6.54 Å². The normalized spacial score (nSPS) is 20.9. The molecule has 2 aromatic rings. The fourth-order valence-electron chi connectivity index (χ4n) is 3.45. The predicted octanol–water partition coefficient (Wildman–Crippen LogP) is 3.24. The van der Waals surface area contributed by atoms with Gasteiger partial charge in [-0.1, -0.05) is 18.7 Å². The van der Waals surface area contributed by atoms with Gasteiger partial charge in [0.15, 0.2) is 5.16 Å². The molecule has 118 valence electrons. The number of rotatable bonds is 4. The van der Waals surface area contributed by atoms with Crippen molar-refractivity contribution in [2.75, 3.05) is 12.4 Å². The molecule has 3 heterocycles. The number of thiophene rings is 1. The number of fused-ring (bicyclic) bond motifs is 3. The van der Waals surface area contributed by atoms with E-state index < -0.39 is 0 Å². The van der Waals surface area contributed by atoms with Crippen molar-refractivity contribution in [3.63, 3.8) is 0 Å². The molecule has 0 spiro atoms. The second-order valence-corrected chi connectivity index (χ2v) is 8.23. The maximum atomic E-state index is 13.1. The molecule has 1 saturated heterocycles. The van der Waals surface area contributed by atoms with E-state index in [4.69, 9.17) is 9.72 Å². The summed E-state index contributed by atoms with van der Waals surface area (Å²) in [5, 5.41) is 1.74. The molecular weight excluding hydrogens is 316 g/mol. The van der Waals surface area contributed by atoms with Gasteiger partial charge in [0, 0.05) is 11.5 Å². The highest BCUT2D eigenvalue weighted by Crippen LogP contribution is 2.35. The van der Waals surface area contributed by atoms with E-state index in [1.807, 2.05) is 4.57 Å². The van der Waals surface area contributed by atoms with Crippen LogP contribution in [-0.4, -0.2) is 28.0 Å². The average Bonchev–Trinajstić information content (AvgIpc) is 3.19. The molecule has 1 atom stereocenters. The van der Waals surface area contributed by atoms with Crippen molar-refractivity contribution in [3.8, 4) is 0 Å². The first-order valence-corrected chi connectivity index (χ1v) is 9.87. The van der Waals surface area contributed by atoms with Crippen LogP contribution < -0.4 is 5.56 Å². The van der Waals surface area contributed by atoms with E-state index in [9.17, 15) is 4.79 Å². The molecule has 1 aliphatic carbocycles. The van der Waals surface area contributed by atoms with Crippen molar-refractivity contribution in [1.82, 2.24) is 9.55 Å². The van der Waals surface area contributed by atoms with Crippen LogP contribution in [0.5, 0.6) is 0 Å². The maximum absolute atomic E-state index is 13.1. The van der Waals surface area contributed by atoms with Crippen LogP contribution in [-0.2, 0) is 24.1 Å². The second-order valence-electron chi connectivity index (χ2n) is 5.92. The smallest absolute Gasteiger partial charge is 0.263 e. The van der Waals surface area contributed by atoms with Crippen LogP contribution in [0.15, 0.2) is 9.95 Å². The number of hydrogen-bond donors (Lipinski definition) is 0. The van der Waals surface area contributed by atoms with Gasteiger partial charge in [-0.25, -0.2) is 4.98 Å². The van der Waals surface area contributed by atoms with E-state index in [1.165, 1.54) is 16.9 Å². The van der Waals surface area contributed by atoms with Gasteiger partial charge in [-0.2, -0.15) is 0 Å². The van der Waals surface area contributed by atoms with Crippen LogP contribution in [0, 0.1) is 0 Å². The van der Waals surface area contributed by atoms with Gasteiger partial charge in [0.05, 0.1) is 18.0 Å². The Morgan fingerprint density at radius 3 is 3.09 bits per heavy atom.